The van der Waals surface area contributed by atoms with Gasteiger partial charge in [-0.2, -0.15) is 0 Å². The molecule has 1 saturated heterocycles. The number of hydrogen-bond donors (Lipinski definition) is 1. The van der Waals surface area contributed by atoms with Crippen molar-refractivity contribution in [2.24, 2.45) is 5.92 Å². The molecular formula is C21H30N2O. The van der Waals surface area contributed by atoms with Gasteiger partial charge < -0.3 is 10.1 Å². The maximum atomic E-state index is 5.58. The number of benzene rings is 2. The number of methoxy groups -OCH3 is 1. The summed E-state index contributed by atoms with van der Waals surface area (Å²) in [5.41, 5.74) is 1.45. The summed E-state index contributed by atoms with van der Waals surface area (Å²) in [6, 6.07) is 13.6. The highest BCUT2D eigenvalue weighted by molar-refractivity contribution is 5.91. The smallest absolute Gasteiger partial charge is 0.126 e. The molecule has 3 nitrogen and oxygen atoms in total. The Morgan fingerprint density at radius 3 is 2.38 bits per heavy atom. The summed E-state index contributed by atoms with van der Waals surface area (Å²) in [6.07, 6.45) is 2.48. The van der Waals surface area contributed by atoms with E-state index in [1.807, 2.05) is 0 Å². The largest absolute Gasteiger partial charge is 0.496 e. The van der Waals surface area contributed by atoms with Gasteiger partial charge in [-0.25, -0.2) is 0 Å². The Bertz CT molecular complexity index is 662. The number of piperazine rings is 1. The van der Waals surface area contributed by atoms with Crippen LogP contribution < -0.4 is 10.1 Å². The SMILES string of the molecule is COc1ccc([C@H](CCC(C)C)N2CCNCC2)c2ccccc12. The summed E-state index contributed by atoms with van der Waals surface area (Å²) in [5, 5.41) is 6.04. The number of fused-ring (bicyclic) bond motifs is 1. The Balaban J connectivity index is 2.01. The molecule has 130 valence electrons. The van der Waals surface area contributed by atoms with E-state index in [0.717, 1.165) is 37.8 Å². The van der Waals surface area contributed by atoms with Crippen LogP contribution >= 0.6 is 0 Å². The highest BCUT2D eigenvalue weighted by Gasteiger charge is 2.24. The standard InChI is InChI=1S/C21H30N2O/c1-16(2)8-10-20(23-14-12-22-13-15-23)18-9-11-21(24-3)19-7-5-4-6-17(18)19/h4-7,9,11,16,20,22H,8,10,12-15H2,1-3H3/t20-/m0/s1. The average Bonchev–Trinajstić information content (AvgIpc) is 2.62. The number of ether oxygens (including phenoxy) is 1. The van der Waals surface area contributed by atoms with Crippen LogP contribution in [0.4, 0.5) is 0 Å². The van der Waals surface area contributed by atoms with Crippen molar-refractivity contribution in [3.05, 3.63) is 42.0 Å². The maximum absolute atomic E-state index is 5.58. The molecule has 1 aliphatic rings. The zero-order valence-corrected chi connectivity index (χ0v) is 15.2. The van der Waals surface area contributed by atoms with Gasteiger partial charge in [-0.1, -0.05) is 44.2 Å². The van der Waals surface area contributed by atoms with Crippen molar-refractivity contribution < 1.29 is 4.74 Å². The van der Waals surface area contributed by atoms with Crippen LogP contribution in [-0.2, 0) is 0 Å². The second kappa shape index (κ2) is 8.00. The molecule has 0 bridgehead atoms. The summed E-state index contributed by atoms with van der Waals surface area (Å²) in [5.74, 6) is 1.71. The van der Waals surface area contributed by atoms with E-state index in [4.69, 9.17) is 4.74 Å². The molecule has 0 radical (unpaired) electrons. The fourth-order valence-electron chi connectivity index (χ4n) is 3.78. The second-order valence-electron chi connectivity index (χ2n) is 7.18. The lowest BCUT2D eigenvalue weighted by atomic mass is 9.91. The van der Waals surface area contributed by atoms with Gasteiger partial charge in [-0.3, -0.25) is 4.90 Å². The van der Waals surface area contributed by atoms with Gasteiger partial charge in [0.25, 0.3) is 0 Å². The van der Waals surface area contributed by atoms with Crippen molar-refractivity contribution in [2.75, 3.05) is 33.3 Å². The molecule has 1 fully saturated rings. The highest BCUT2D eigenvalue weighted by Crippen LogP contribution is 2.36. The summed E-state index contributed by atoms with van der Waals surface area (Å²) in [4.78, 5) is 2.66. The van der Waals surface area contributed by atoms with Crippen LogP contribution in [0.3, 0.4) is 0 Å². The number of rotatable bonds is 6. The van der Waals surface area contributed by atoms with Crippen molar-refractivity contribution in [3.63, 3.8) is 0 Å². The second-order valence-corrected chi connectivity index (χ2v) is 7.18. The third-order valence-corrected chi connectivity index (χ3v) is 5.11. The van der Waals surface area contributed by atoms with E-state index < -0.39 is 0 Å². The van der Waals surface area contributed by atoms with E-state index in [-0.39, 0.29) is 0 Å². The van der Waals surface area contributed by atoms with Crippen LogP contribution in [-0.4, -0.2) is 38.2 Å². The molecule has 0 aliphatic carbocycles. The van der Waals surface area contributed by atoms with Gasteiger partial charge in [0.05, 0.1) is 7.11 Å². The van der Waals surface area contributed by atoms with E-state index in [2.05, 4.69) is 60.5 Å². The Hall–Kier alpha value is -1.58. The third kappa shape index (κ3) is 3.73. The minimum atomic E-state index is 0.491. The molecule has 3 rings (SSSR count). The monoisotopic (exact) mass is 326 g/mol. The molecule has 1 N–H and O–H groups in total. The van der Waals surface area contributed by atoms with Gasteiger partial charge in [0.2, 0.25) is 0 Å². The molecule has 1 heterocycles. The van der Waals surface area contributed by atoms with Crippen LogP contribution in [0.2, 0.25) is 0 Å². The Labute approximate surface area is 146 Å². The van der Waals surface area contributed by atoms with Crippen molar-refractivity contribution in [1.29, 1.82) is 0 Å². The maximum Gasteiger partial charge on any atom is 0.126 e. The minimum Gasteiger partial charge on any atom is -0.496 e. The van der Waals surface area contributed by atoms with Gasteiger partial charge in [-0.05, 0) is 35.8 Å². The van der Waals surface area contributed by atoms with E-state index >= 15 is 0 Å². The van der Waals surface area contributed by atoms with Crippen LogP contribution in [0.25, 0.3) is 10.8 Å². The van der Waals surface area contributed by atoms with Gasteiger partial charge >= 0.3 is 0 Å². The van der Waals surface area contributed by atoms with Gasteiger partial charge in [0, 0.05) is 37.6 Å². The van der Waals surface area contributed by atoms with Crippen LogP contribution in [0.15, 0.2) is 36.4 Å². The zero-order valence-electron chi connectivity index (χ0n) is 15.2. The number of nitrogens with one attached hydrogen (secondary N) is 1. The Morgan fingerprint density at radius 2 is 1.71 bits per heavy atom. The Kier molecular flexibility index (Phi) is 5.75. The Morgan fingerprint density at radius 1 is 1.00 bits per heavy atom. The molecule has 0 saturated carbocycles. The van der Waals surface area contributed by atoms with Gasteiger partial charge in [-0.15, -0.1) is 0 Å². The number of nitrogens with zero attached hydrogens (tertiary/aromatic N) is 1. The first-order valence-corrected chi connectivity index (χ1v) is 9.21. The summed E-state index contributed by atoms with van der Waals surface area (Å²) in [7, 11) is 1.76. The molecule has 3 heteroatoms. The zero-order chi connectivity index (χ0) is 16.9. The third-order valence-electron chi connectivity index (χ3n) is 5.11. The molecule has 2 aromatic carbocycles. The van der Waals surface area contributed by atoms with Crippen molar-refractivity contribution in [3.8, 4) is 5.75 Å². The molecule has 2 aromatic rings. The van der Waals surface area contributed by atoms with Crippen molar-refractivity contribution in [1.82, 2.24) is 10.2 Å². The van der Waals surface area contributed by atoms with Crippen molar-refractivity contribution >= 4 is 10.8 Å². The molecule has 0 aromatic heterocycles. The van der Waals surface area contributed by atoms with Crippen LogP contribution in [0.5, 0.6) is 5.75 Å². The predicted molar refractivity (Wildman–Crippen MR) is 102 cm³/mol. The topological polar surface area (TPSA) is 24.5 Å². The average molecular weight is 326 g/mol. The number of hydrogen-bond acceptors (Lipinski definition) is 3. The normalized spacial score (nSPS) is 17.3. The molecule has 1 atom stereocenters. The fourth-order valence-corrected chi connectivity index (χ4v) is 3.78. The lowest BCUT2D eigenvalue weighted by molar-refractivity contribution is 0.161. The van der Waals surface area contributed by atoms with E-state index in [1.54, 1.807) is 7.11 Å². The molecule has 0 unspecified atom stereocenters. The molecule has 1 aliphatic heterocycles. The van der Waals surface area contributed by atoms with E-state index in [0.29, 0.717) is 6.04 Å². The molecular weight excluding hydrogens is 296 g/mol. The van der Waals surface area contributed by atoms with E-state index in [9.17, 15) is 0 Å². The minimum absolute atomic E-state index is 0.491. The predicted octanol–water partition coefficient (Wildman–Crippen LogP) is 4.23. The summed E-state index contributed by atoms with van der Waals surface area (Å²) >= 11 is 0. The van der Waals surface area contributed by atoms with Gasteiger partial charge in [0.15, 0.2) is 0 Å². The first kappa shape index (κ1) is 17.2. The first-order valence-electron chi connectivity index (χ1n) is 9.21. The molecule has 24 heavy (non-hydrogen) atoms. The summed E-state index contributed by atoms with van der Waals surface area (Å²) in [6.45, 7) is 9.08. The molecule has 0 amide bonds. The molecule has 0 spiro atoms. The van der Waals surface area contributed by atoms with Crippen molar-refractivity contribution in [2.45, 2.75) is 32.7 Å². The summed E-state index contributed by atoms with van der Waals surface area (Å²) < 4.78 is 5.58. The lowest BCUT2D eigenvalue weighted by Gasteiger charge is -2.36. The van der Waals surface area contributed by atoms with Crippen LogP contribution in [0, 0.1) is 5.92 Å². The lowest BCUT2D eigenvalue weighted by Crippen LogP contribution is -2.45. The quantitative estimate of drug-likeness (QED) is 0.860. The highest BCUT2D eigenvalue weighted by atomic mass is 16.5. The van der Waals surface area contributed by atoms with Crippen LogP contribution in [0.1, 0.15) is 38.3 Å². The first-order chi connectivity index (χ1) is 11.7. The van der Waals surface area contributed by atoms with E-state index in [1.165, 1.54) is 29.2 Å². The van der Waals surface area contributed by atoms with Gasteiger partial charge in [0.1, 0.15) is 5.75 Å². The fraction of sp³-hybridized carbons (Fsp3) is 0.524.